The summed E-state index contributed by atoms with van der Waals surface area (Å²) in [6, 6.07) is 59.7. The molecular weight excluding hydrogens is 693 g/mol. The van der Waals surface area contributed by atoms with Crippen molar-refractivity contribution in [2.24, 2.45) is 0 Å². The van der Waals surface area contributed by atoms with Crippen LogP contribution in [0.4, 0.5) is 0 Å². The lowest BCUT2D eigenvalue weighted by molar-refractivity contribution is 0.669. The average molecular weight is 721 g/mol. The second-order valence-electron chi connectivity index (χ2n) is 14.0. The van der Waals surface area contributed by atoms with Gasteiger partial charge in [0, 0.05) is 58.4 Å². The van der Waals surface area contributed by atoms with Crippen molar-refractivity contribution in [3.63, 3.8) is 0 Å². The van der Waals surface area contributed by atoms with Crippen LogP contribution >= 0.6 is 11.3 Å². The van der Waals surface area contributed by atoms with Gasteiger partial charge in [0.1, 0.15) is 11.2 Å². The van der Waals surface area contributed by atoms with E-state index in [4.69, 9.17) is 19.4 Å². The second-order valence-corrected chi connectivity index (χ2v) is 15.1. The molecule has 4 heterocycles. The summed E-state index contributed by atoms with van der Waals surface area (Å²) in [7, 11) is 0. The molecule has 0 saturated carbocycles. The van der Waals surface area contributed by atoms with Crippen LogP contribution < -0.4 is 0 Å². The van der Waals surface area contributed by atoms with Gasteiger partial charge in [0.15, 0.2) is 17.5 Å². The van der Waals surface area contributed by atoms with Gasteiger partial charge in [-0.1, -0.05) is 121 Å². The molecule has 0 amide bonds. The van der Waals surface area contributed by atoms with Gasteiger partial charge in [-0.2, -0.15) is 0 Å². The molecule has 0 fully saturated rings. The Balaban J connectivity index is 1.18. The van der Waals surface area contributed by atoms with Crippen LogP contribution in [0.15, 0.2) is 174 Å². The van der Waals surface area contributed by atoms with E-state index in [0.717, 1.165) is 55.3 Å². The first-order valence-corrected chi connectivity index (χ1v) is 19.2. The number of benzene rings is 8. The number of hydrogen-bond acceptors (Lipinski definition) is 5. The van der Waals surface area contributed by atoms with Gasteiger partial charge in [-0.15, -0.1) is 11.3 Å². The monoisotopic (exact) mass is 720 g/mol. The van der Waals surface area contributed by atoms with E-state index in [0.29, 0.717) is 17.5 Å². The van der Waals surface area contributed by atoms with Crippen LogP contribution in [-0.2, 0) is 0 Å². The number of hydrogen-bond donors (Lipinski definition) is 0. The SMILES string of the molecule is c1ccc(-c2nc(-c3ccc4c(c3)sc3ccccc34)nc(-c3cc4oc5ccccc5c4cc3-n3c4ccccc4c4cc5ccccc5cc43)n2)cc1. The molecule has 0 N–H and O–H groups in total. The van der Waals surface area contributed by atoms with Crippen molar-refractivity contribution in [3.8, 4) is 39.9 Å². The Bertz CT molecular complexity index is 3500. The average Bonchev–Trinajstić information content (AvgIpc) is 3.91. The number of fused-ring (bicyclic) bond motifs is 10. The van der Waals surface area contributed by atoms with Crippen molar-refractivity contribution in [1.82, 2.24) is 19.5 Å². The van der Waals surface area contributed by atoms with Crippen LogP contribution in [0.1, 0.15) is 0 Å². The highest BCUT2D eigenvalue weighted by atomic mass is 32.1. The summed E-state index contributed by atoms with van der Waals surface area (Å²) in [6.07, 6.45) is 0. The largest absolute Gasteiger partial charge is 0.456 e. The van der Waals surface area contributed by atoms with Crippen LogP contribution in [0.3, 0.4) is 0 Å². The zero-order valence-corrected chi connectivity index (χ0v) is 30.1. The van der Waals surface area contributed by atoms with Gasteiger partial charge in [0.05, 0.1) is 16.7 Å². The summed E-state index contributed by atoms with van der Waals surface area (Å²) >= 11 is 1.79. The molecule has 0 atom stereocenters. The molecule has 8 aromatic carbocycles. The van der Waals surface area contributed by atoms with Crippen LogP contribution in [0.5, 0.6) is 0 Å². The number of nitrogens with zero attached hydrogens (tertiary/aromatic N) is 4. The lowest BCUT2D eigenvalue weighted by Gasteiger charge is -2.15. The van der Waals surface area contributed by atoms with Crippen molar-refractivity contribution < 1.29 is 4.42 Å². The van der Waals surface area contributed by atoms with E-state index in [9.17, 15) is 0 Å². The molecule has 4 aromatic heterocycles. The van der Waals surface area contributed by atoms with E-state index in [1.54, 1.807) is 11.3 Å². The molecular formula is C49H28N4OS. The quantitative estimate of drug-likeness (QED) is 0.182. The maximum absolute atomic E-state index is 6.55. The first-order valence-electron chi connectivity index (χ1n) is 18.3. The molecule has 0 radical (unpaired) electrons. The fraction of sp³-hybridized carbons (Fsp3) is 0. The lowest BCUT2D eigenvalue weighted by atomic mass is 10.0. The van der Waals surface area contributed by atoms with Crippen molar-refractivity contribution in [3.05, 3.63) is 170 Å². The highest BCUT2D eigenvalue weighted by Gasteiger charge is 2.23. The summed E-state index contributed by atoms with van der Waals surface area (Å²) in [5.41, 5.74) is 7.52. The molecule has 0 aliphatic rings. The van der Waals surface area contributed by atoms with E-state index in [2.05, 4.69) is 144 Å². The third-order valence-electron chi connectivity index (χ3n) is 10.8. The van der Waals surface area contributed by atoms with Gasteiger partial charge in [-0.25, -0.2) is 15.0 Å². The van der Waals surface area contributed by atoms with Gasteiger partial charge >= 0.3 is 0 Å². The van der Waals surface area contributed by atoms with Gasteiger partial charge in [-0.05, 0) is 59.3 Å². The Labute approximate surface area is 318 Å². The lowest BCUT2D eigenvalue weighted by Crippen LogP contribution is -2.04. The highest BCUT2D eigenvalue weighted by molar-refractivity contribution is 7.25. The minimum Gasteiger partial charge on any atom is -0.456 e. The molecule has 55 heavy (non-hydrogen) atoms. The normalized spacial score (nSPS) is 12.0. The third kappa shape index (κ3) is 4.68. The van der Waals surface area contributed by atoms with Crippen LogP contribution in [0.2, 0.25) is 0 Å². The van der Waals surface area contributed by atoms with E-state index < -0.39 is 0 Å². The summed E-state index contributed by atoms with van der Waals surface area (Å²) in [5.74, 6) is 1.80. The van der Waals surface area contributed by atoms with Crippen LogP contribution in [0, 0.1) is 0 Å². The molecule has 0 aliphatic heterocycles. The topological polar surface area (TPSA) is 56.7 Å². The smallest absolute Gasteiger partial charge is 0.166 e. The van der Waals surface area contributed by atoms with Crippen molar-refractivity contribution in [1.29, 1.82) is 0 Å². The fourth-order valence-electron chi connectivity index (χ4n) is 8.25. The van der Waals surface area contributed by atoms with Gasteiger partial charge < -0.3 is 8.98 Å². The minimum absolute atomic E-state index is 0.573. The van der Waals surface area contributed by atoms with Gasteiger partial charge in [0.25, 0.3) is 0 Å². The first-order chi connectivity index (χ1) is 27.2. The summed E-state index contributed by atoms with van der Waals surface area (Å²) in [6.45, 7) is 0. The minimum atomic E-state index is 0.573. The van der Waals surface area contributed by atoms with E-state index in [1.807, 2.05) is 30.3 Å². The number of furan rings is 1. The predicted octanol–water partition coefficient (Wildman–Crippen LogP) is 13.4. The Morgan fingerprint density at radius 1 is 0.400 bits per heavy atom. The van der Waals surface area contributed by atoms with Crippen molar-refractivity contribution >= 4 is 86.0 Å². The molecule has 5 nitrogen and oxygen atoms in total. The number of para-hydroxylation sites is 2. The number of rotatable bonds is 4. The zero-order valence-electron chi connectivity index (χ0n) is 29.3. The predicted molar refractivity (Wildman–Crippen MR) is 228 cm³/mol. The first kappa shape index (κ1) is 30.3. The van der Waals surface area contributed by atoms with Gasteiger partial charge in [0.2, 0.25) is 0 Å². The molecule has 6 heteroatoms. The van der Waals surface area contributed by atoms with E-state index >= 15 is 0 Å². The highest BCUT2D eigenvalue weighted by Crippen LogP contribution is 2.42. The molecule has 0 unspecified atom stereocenters. The Hall–Kier alpha value is -7.15. The maximum Gasteiger partial charge on any atom is 0.166 e. The van der Waals surface area contributed by atoms with Crippen LogP contribution in [-0.4, -0.2) is 19.5 Å². The molecule has 0 saturated heterocycles. The summed E-state index contributed by atoms with van der Waals surface area (Å²) in [4.78, 5) is 15.7. The Morgan fingerprint density at radius 2 is 1.07 bits per heavy atom. The molecule has 0 bridgehead atoms. The number of thiophene rings is 1. The standard InChI is InChI=1S/C49H28N4OS/c1-2-12-29(13-3-1)47-50-48(32-22-23-36-35-18-8-11-21-45(35)55-46(36)26-32)52-49(51-47)39-28-44-38(34-17-7-10-20-43(34)54-44)27-42(39)53-40-19-9-6-16-33(40)37-24-30-14-4-5-15-31(30)25-41(37)53/h1-28H. The van der Waals surface area contributed by atoms with Crippen molar-refractivity contribution in [2.45, 2.75) is 0 Å². The molecule has 12 rings (SSSR count). The molecule has 256 valence electrons. The van der Waals surface area contributed by atoms with Gasteiger partial charge in [-0.3, -0.25) is 0 Å². The summed E-state index contributed by atoms with van der Waals surface area (Å²) in [5, 5.41) is 9.36. The van der Waals surface area contributed by atoms with Crippen molar-refractivity contribution in [2.75, 3.05) is 0 Å². The molecule has 12 aromatic rings. The fourth-order valence-corrected chi connectivity index (χ4v) is 9.39. The molecule has 0 spiro atoms. The Kier molecular flexibility index (Phi) is 6.44. The second kappa shape index (κ2) is 11.7. The number of aromatic nitrogens is 4. The summed E-state index contributed by atoms with van der Waals surface area (Å²) < 4.78 is 11.4. The Morgan fingerprint density at radius 3 is 1.95 bits per heavy atom. The van der Waals surface area contributed by atoms with E-state index in [1.165, 1.54) is 41.7 Å². The van der Waals surface area contributed by atoms with Crippen LogP contribution in [0.25, 0.3) is 115 Å². The van der Waals surface area contributed by atoms with E-state index in [-0.39, 0.29) is 0 Å². The third-order valence-corrected chi connectivity index (χ3v) is 12.0. The molecule has 0 aliphatic carbocycles. The zero-order chi connectivity index (χ0) is 36.0. The maximum atomic E-state index is 6.55.